The monoisotopic (exact) mass is 406 g/mol. The number of aryl methyl sites for hydroxylation is 1. The highest BCUT2D eigenvalue weighted by molar-refractivity contribution is 6.15. The predicted octanol–water partition coefficient (Wildman–Crippen LogP) is 4.05. The molecule has 0 bridgehead atoms. The topological polar surface area (TPSA) is 88.9 Å². The molecule has 1 aliphatic rings. The van der Waals surface area contributed by atoms with E-state index in [1.165, 1.54) is 11.8 Å². The summed E-state index contributed by atoms with van der Waals surface area (Å²) < 4.78 is 11.1. The van der Waals surface area contributed by atoms with Gasteiger partial charge in [-0.3, -0.25) is 14.5 Å². The van der Waals surface area contributed by atoms with E-state index >= 15 is 0 Å². The first-order chi connectivity index (χ1) is 14.2. The molecule has 7 heteroatoms. The van der Waals surface area contributed by atoms with Gasteiger partial charge in [0, 0.05) is 10.9 Å². The Kier molecular flexibility index (Phi) is 4.61. The Balaban J connectivity index is 1.62. The predicted molar refractivity (Wildman–Crippen MR) is 112 cm³/mol. The molecule has 0 unspecified atom stereocenters. The van der Waals surface area contributed by atoms with Crippen LogP contribution >= 0.6 is 0 Å². The van der Waals surface area contributed by atoms with E-state index in [0.717, 1.165) is 5.39 Å². The summed E-state index contributed by atoms with van der Waals surface area (Å²) in [6.45, 7) is 6.55. The Labute approximate surface area is 173 Å². The highest BCUT2D eigenvalue weighted by Crippen LogP contribution is 2.37. The number of nitrogens with zero attached hydrogens (tertiary/aromatic N) is 1. The lowest BCUT2D eigenvalue weighted by Gasteiger charge is -2.42. The molecular formula is C23H22N2O5. The van der Waals surface area contributed by atoms with Crippen LogP contribution in [0.25, 0.3) is 11.0 Å². The van der Waals surface area contributed by atoms with Gasteiger partial charge >= 0.3 is 5.97 Å². The van der Waals surface area contributed by atoms with Crippen LogP contribution in [0.3, 0.4) is 0 Å². The summed E-state index contributed by atoms with van der Waals surface area (Å²) in [5.41, 5.74) is 1.15. The SMILES string of the molecule is Cc1c(C(=O)O[C@H](C)C(=O)N2c3ccccc3NC(=O)C2(C)C)oc2ccccc12. The van der Waals surface area contributed by atoms with Gasteiger partial charge in [-0.05, 0) is 45.9 Å². The second-order valence-electron chi connectivity index (χ2n) is 7.80. The van der Waals surface area contributed by atoms with Crippen molar-refractivity contribution in [1.29, 1.82) is 0 Å². The standard InChI is InChI=1S/C23H22N2O5/c1-13-15-9-5-8-12-18(15)30-19(13)21(27)29-14(2)20(26)25-17-11-7-6-10-16(17)24-22(28)23(25,3)4/h5-12,14H,1-4H3,(H,24,28)/t14-/m1/s1. The number of furan rings is 1. The minimum atomic E-state index is -1.15. The molecular weight excluding hydrogens is 384 g/mol. The average molecular weight is 406 g/mol. The van der Waals surface area contributed by atoms with Crippen molar-refractivity contribution < 1.29 is 23.5 Å². The zero-order valence-electron chi connectivity index (χ0n) is 17.2. The smallest absolute Gasteiger partial charge is 0.375 e. The third kappa shape index (κ3) is 3.03. The van der Waals surface area contributed by atoms with Crippen LogP contribution in [-0.4, -0.2) is 29.4 Å². The molecule has 0 radical (unpaired) electrons. The van der Waals surface area contributed by atoms with Crippen molar-refractivity contribution >= 4 is 40.1 Å². The second-order valence-corrected chi connectivity index (χ2v) is 7.80. The maximum absolute atomic E-state index is 13.3. The number of carbonyl (C=O) groups excluding carboxylic acids is 3. The quantitative estimate of drug-likeness (QED) is 0.663. The third-order valence-corrected chi connectivity index (χ3v) is 5.39. The first kappa shape index (κ1) is 19.7. The maximum Gasteiger partial charge on any atom is 0.375 e. The molecule has 0 fully saturated rings. The van der Waals surface area contributed by atoms with E-state index in [4.69, 9.17) is 9.15 Å². The molecule has 1 atom stereocenters. The lowest BCUT2D eigenvalue weighted by Crippen LogP contribution is -2.60. The van der Waals surface area contributed by atoms with Gasteiger partial charge in [-0.1, -0.05) is 30.3 Å². The normalized spacial score (nSPS) is 16.0. The molecule has 1 aromatic heterocycles. The Morgan fingerprint density at radius 1 is 1.10 bits per heavy atom. The molecule has 1 aliphatic heterocycles. The molecule has 7 nitrogen and oxygen atoms in total. The van der Waals surface area contributed by atoms with Crippen molar-refractivity contribution in [3.63, 3.8) is 0 Å². The molecule has 4 rings (SSSR count). The number of ether oxygens (including phenoxy) is 1. The number of nitrogens with one attached hydrogen (secondary N) is 1. The van der Waals surface area contributed by atoms with Crippen molar-refractivity contribution in [2.45, 2.75) is 39.3 Å². The Hall–Kier alpha value is -3.61. The van der Waals surface area contributed by atoms with Gasteiger partial charge in [0.2, 0.25) is 11.7 Å². The van der Waals surface area contributed by atoms with E-state index in [2.05, 4.69) is 5.32 Å². The summed E-state index contributed by atoms with van der Waals surface area (Å²) in [5, 5.41) is 3.62. The van der Waals surface area contributed by atoms with E-state index < -0.39 is 23.5 Å². The number of carbonyl (C=O) groups is 3. The average Bonchev–Trinajstić information content (AvgIpc) is 3.05. The van der Waals surface area contributed by atoms with Crippen molar-refractivity contribution in [3.8, 4) is 0 Å². The molecule has 0 spiro atoms. The molecule has 0 saturated carbocycles. The highest BCUT2D eigenvalue weighted by atomic mass is 16.6. The zero-order chi connectivity index (χ0) is 21.6. The molecule has 3 aromatic rings. The molecule has 0 saturated heterocycles. The largest absolute Gasteiger partial charge is 0.449 e. The van der Waals surface area contributed by atoms with Crippen LogP contribution in [0.4, 0.5) is 11.4 Å². The van der Waals surface area contributed by atoms with Gasteiger partial charge in [-0.25, -0.2) is 4.79 Å². The molecule has 2 heterocycles. The van der Waals surface area contributed by atoms with Crippen LogP contribution < -0.4 is 10.2 Å². The fourth-order valence-electron chi connectivity index (χ4n) is 3.66. The van der Waals surface area contributed by atoms with Gasteiger partial charge in [0.05, 0.1) is 11.4 Å². The summed E-state index contributed by atoms with van der Waals surface area (Å²) in [4.78, 5) is 40.0. The van der Waals surface area contributed by atoms with Crippen LogP contribution in [-0.2, 0) is 14.3 Å². The molecule has 0 aliphatic carbocycles. The van der Waals surface area contributed by atoms with Crippen LogP contribution in [0.2, 0.25) is 0 Å². The van der Waals surface area contributed by atoms with Gasteiger partial charge in [0.1, 0.15) is 11.1 Å². The Morgan fingerprint density at radius 2 is 1.77 bits per heavy atom. The zero-order valence-corrected chi connectivity index (χ0v) is 17.2. The third-order valence-electron chi connectivity index (χ3n) is 5.39. The number of rotatable bonds is 3. The first-order valence-electron chi connectivity index (χ1n) is 9.65. The lowest BCUT2D eigenvalue weighted by molar-refractivity contribution is -0.131. The van der Waals surface area contributed by atoms with Crippen molar-refractivity contribution in [2.24, 2.45) is 0 Å². The number of fused-ring (bicyclic) bond motifs is 2. The first-order valence-corrected chi connectivity index (χ1v) is 9.65. The van der Waals surface area contributed by atoms with E-state index in [1.807, 2.05) is 18.2 Å². The number of para-hydroxylation sites is 3. The highest BCUT2D eigenvalue weighted by Gasteiger charge is 2.45. The van der Waals surface area contributed by atoms with Gasteiger partial charge < -0.3 is 14.5 Å². The summed E-state index contributed by atoms with van der Waals surface area (Å²) in [5.74, 6) is -1.48. The van der Waals surface area contributed by atoms with Crippen molar-refractivity contribution in [2.75, 3.05) is 10.2 Å². The van der Waals surface area contributed by atoms with Gasteiger partial charge in [-0.2, -0.15) is 0 Å². The minimum absolute atomic E-state index is 0.0619. The number of esters is 1. The van der Waals surface area contributed by atoms with Crippen molar-refractivity contribution in [3.05, 3.63) is 59.9 Å². The van der Waals surface area contributed by atoms with Gasteiger partial charge in [-0.15, -0.1) is 0 Å². The molecule has 154 valence electrons. The van der Waals surface area contributed by atoms with E-state index in [9.17, 15) is 14.4 Å². The Bertz CT molecular complexity index is 1180. The maximum atomic E-state index is 13.3. The van der Waals surface area contributed by atoms with E-state index in [1.54, 1.807) is 51.1 Å². The molecule has 2 amide bonds. The lowest BCUT2D eigenvalue weighted by atomic mass is 9.95. The van der Waals surface area contributed by atoms with Gasteiger partial charge in [0.15, 0.2) is 6.10 Å². The van der Waals surface area contributed by atoms with Crippen LogP contribution in [0, 0.1) is 6.92 Å². The summed E-state index contributed by atoms with van der Waals surface area (Å²) in [6, 6.07) is 14.3. The minimum Gasteiger partial charge on any atom is -0.449 e. The number of hydrogen-bond donors (Lipinski definition) is 1. The Morgan fingerprint density at radius 3 is 2.50 bits per heavy atom. The number of anilines is 2. The van der Waals surface area contributed by atoms with E-state index in [0.29, 0.717) is 22.5 Å². The fraction of sp³-hybridized carbons (Fsp3) is 0.261. The molecule has 2 aromatic carbocycles. The number of hydrogen-bond acceptors (Lipinski definition) is 5. The van der Waals surface area contributed by atoms with Crippen molar-refractivity contribution in [1.82, 2.24) is 0 Å². The summed E-state index contributed by atoms with van der Waals surface area (Å²) in [6.07, 6.45) is -1.12. The number of amides is 2. The van der Waals surface area contributed by atoms with Crippen LogP contribution in [0.15, 0.2) is 52.9 Å². The van der Waals surface area contributed by atoms with Crippen LogP contribution in [0.1, 0.15) is 36.9 Å². The van der Waals surface area contributed by atoms with E-state index in [-0.39, 0.29) is 11.7 Å². The molecule has 1 N–H and O–H groups in total. The number of benzene rings is 2. The fourth-order valence-corrected chi connectivity index (χ4v) is 3.66. The van der Waals surface area contributed by atoms with Gasteiger partial charge in [0.25, 0.3) is 5.91 Å². The van der Waals surface area contributed by atoms with Crippen LogP contribution in [0.5, 0.6) is 0 Å². The molecule has 30 heavy (non-hydrogen) atoms. The summed E-state index contributed by atoms with van der Waals surface area (Å²) >= 11 is 0. The summed E-state index contributed by atoms with van der Waals surface area (Å²) in [7, 11) is 0. The second kappa shape index (κ2) is 7.02.